The third kappa shape index (κ3) is 4.71. The molecule has 0 N–H and O–H groups in total. The molecular weight excluding hydrogens is 446 g/mol. The third-order valence-electron chi connectivity index (χ3n) is 8.30. The monoisotopic (exact) mass is 483 g/mol. The number of carbonyl (C=O) groups excluding carboxylic acids is 1. The highest BCUT2D eigenvalue weighted by atomic mass is 32.2. The van der Waals surface area contributed by atoms with Crippen molar-refractivity contribution in [3.8, 4) is 0 Å². The van der Waals surface area contributed by atoms with Gasteiger partial charge in [0.05, 0.1) is 5.75 Å². The number of hydrogen-bond acceptors (Lipinski definition) is 5. The first kappa shape index (κ1) is 22.3. The maximum absolute atomic E-state index is 13.8. The summed E-state index contributed by atoms with van der Waals surface area (Å²) in [6.45, 7) is 0. The number of hydrogen-bond donors (Lipinski definition) is 0. The summed E-state index contributed by atoms with van der Waals surface area (Å²) in [5.41, 5.74) is 1.50. The van der Waals surface area contributed by atoms with Crippen LogP contribution in [0.5, 0.6) is 0 Å². The van der Waals surface area contributed by atoms with Crippen molar-refractivity contribution >= 4 is 39.2 Å². The fourth-order valence-electron chi connectivity index (χ4n) is 6.40. The van der Waals surface area contributed by atoms with Crippen LogP contribution < -0.4 is 0 Å². The second kappa shape index (κ2) is 9.85. The van der Waals surface area contributed by atoms with Crippen LogP contribution >= 0.6 is 23.1 Å². The lowest BCUT2D eigenvalue weighted by molar-refractivity contribution is -0.135. The number of aromatic nitrogens is 2. The van der Waals surface area contributed by atoms with Crippen molar-refractivity contribution in [2.24, 2.45) is 0 Å². The maximum atomic E-state index is 13.8. The minimum absolute atomic E-state index is 0.364. The largest absolute Gasteiger partial charge is 0.336 e. The van der Waals surface area contributed by atoms with Crippen LogP contribution in [0.1, 0.15) is 112 Å². The molecule has 4 aliphatic rings. The summed E-state index contributed by atoms with van der Waals surface area (Å²) in [5, 5.41) is 2.39. The highest BCUT2D eigenvalue weighted by Gasteiger charge is 2.33. The second-order valence-corrected chi connectivity index (χ2v) is 12.8. The van der Waals surface area contributed by atoms with Crippen molar-refractivity contribution in [1.29, 1.82) is 0 Å². The Morgan fingerprint density at radius 3 is 2.18 bits per heavy atom. The van der Waals surface area contributed by atoms with E-state index in [9.17, 15) is 4.79 Å². The first-order valence-electron chi connectivity index (χ1n) is 13.5. The molecule has 0 saturated heterocycles. The molecule has 0 unspecified atom stereocenters. The number of amides is 1. The van der Waals surface area contributed by atoms with Crippen LogP contribution in [0.15, 0.2) is 5.03 Å². The van der Waals surface area contributed by atoms with Gasteiger partial charge in [0.15, 0.2) is 0 Å². The molecule has 3 saturated carbocycles. The van der Waals surface area contributed by atoms with Crippen molar-refractivity contribution < 1.29 is 4.79 Å². The normalized spacial score (nSPS) is 22.4. The Bertz CT molecular complexity index is 984. The Labute approximate surface area is 206 Å². The number of carbonyl (C=O) groups is 1. The predicted molar refractivity (Wildman–Crippen MR) is 137 cm³/mol. The van der Waals surface area contributed by atoms with E-state index in [1.54, 1.807) is 11.8 Å². The Hall–Kier alpha value is -1.14. The smallest absolute Gasteiger partial charge is 0.233 e. The van der Waals surface area contributed by atoms with E-state index in [-0.39, 0.29) is 0 Å². The van der Waals surface area contributed by atoms with E-state index >= 15 is 0 Å². The zero-order valence-corrected chi connectivity index (χ0v) is 21.5. The molecule has 3 fully saturated rings. The van der Waals surface area contributed by atoms with Crippen LogP contribution in [0.2, 0.25) is 0 Å². The van der Waals surface area contributed by atoms with Gasteiger partial charge in [-0.15, -0.1) is 11.3 Å². The van der Waals surface area contributed by atoms with Crippen molar-refractivity contribution in [2.45, 2.75) is 126 Å². The minimum atomic E-state index is 0.364. The van der Waals surface area contributed by atoms with Crippen LogP contribution in [-0.4, -0.2) is 38.6 Å². The molecule has 2 aromatic rings. The molecule has 6 heteroatoms. The summed E-state index contributed by atoms with van der Waals surface area (Å²) >= 11 is 3.61. The van der Waals surface area contributed by atoms with Gasteiger partial charge in [-0.25, -0.2) is 9.97 Å². The van der Waals surface area contributed by atoms with Crippen LogP contribution in [0.25, 0.3) is 10.2 Å². The number of rotatable bonds is 6. The molecule has 0 aromatic carbocycles. The second-order valence-electron chi connectivity index (χ2n) is 10.7. The maximum Gasteiger partial charge on any atom is 0.233 e. The molecule has 178 valence electrons. The zero-order valence-electron chi connectivity index (χ0n) is 19.8. The van der Waals surface area contributed by atoms with Gasteiger partial charge in [0.25, 0.3) is 0 Å². The van der Waals surface area contributed by atoms with E-state index < -0.39 is 0 Å². The molecule has 0 atom stereocenters. The highest BCUT2D eigenvalue weighted by Crippen LogP contribution is 2.44. The van der Waals surface area contributed by atoms with Gasteiger partial charge in [-0.1, -0.05) is 50.3 Å². The molecule has 0 aliphatic heterocycles. The van der Waals surface area contributed by atoms with Crippen LogP contribution in [0, 0.1) is 0 Å². The fraction of sp³-hybridized carbons (Fsp3) is 0.741. The Kier molecular flexibility index (Phi) is 6.66. The zero-order chi connectivity index (χ0) is 22.2. The van der Waals surface area contributed by atoms with Gasteiger partial charge < -0.3 is 4.90 Å². The SMILES string of the molecule is O=C(CSc1nc(C2CC2)nc2sc3c(c12)CCCC3)N(C1CCCCC1)C1CCCCC1. The van der Waals surface area contributed by atoms with E-state index in [1.165, 1.54) is 117 Å². The number of fused-ring (bicyclic) bond motifs is 3. The lowest BCUT2D eigenvalue weighted by Crippen LogP contribution is -2.49. The Balaban J connectivity index is 1.27. The first-order valence-corrected chi connectivity index (χ1v) is 15.3. The van der Waals surface area contributed by atoms with E-state index in [0.29, 0.717) is 29.7 Å². The predicted octanol–water partition coefficient (Wildman–Crippen LogP) is 7.03. The summed E-state index contributed by atoms with van der Waals surface area (Å²) in [6, 6.07) is 0.938. The molecule has 4 nitrogen and oxygen atoms in total. The summed E-state index contributed by atoms with van der Waals surface area (Å²) < 4.78 is 0. The number of thioether (sulfide) groups is 1. The highest BCUT2D eigenvalue weighted by molar-refractivity contribution is 8.00. The Morgan fingerprint density at radius 2 is 1.52 bits per heavy atom. The number of aryl methyl sites for hydroxylation is 2. The van der Waals surface area contributed by atoms with E-state index in [1.807, 2.05) is 11.3 Å². The van der Waals surface area contributed by atoms with Gasteiger partial charge in [-0.05, 0) is 69.8 Å². The quantitative estimate of drug-likeness (QED) is 0.327. The lowest BCUT2D eigenvalue weighted by Gasteiger charge is -2.41. The molecule has 2 heterocycles. The van der Waals surface area contributed by atoms with Gasteiger partial charge in [0, 0.05) is 28.3 Å². The average molecular weight is 484 g/mol. The number of nitrogens with zero attached hydrogens (tertiary/aromatic N) is 3. The standard InChI is InChI=1S/C27H37N3OS2/c31-23(30(19-9-3-1-4-10-19)20-11-5-2-6-12-20)17-32-26-24-21-13-7-8-14-22(21)33-27(24)29-25(28-26)18-15-16-18/h18-20H,1-17H2. The van der Waals surface area contributed by atoms with Crippen LogP contribution in [0.3, 0.4) is 0 Å². The summed E-state index contributed by atoms with van der Waals surface area (Å²) in [4.78, 5) is 29.0. The molecule has 4 aliphatic carbocycles. The summed E-state index contributed by atoms with van der Waals surface area (Å²) in [7, 11) is 0. The molecule has 0 bridgehead atoms. The van der Waals surface area contributed by atoms with E-state index in [4.69, 9.17) is 9.97 Å². The Morgan fingerprint density at radius 1 is 0.848 bits per heavy atom. The van der Waals surface area contributed by atoms with Gasteiger partial charge in [0.1, 0.15) is 15.7 Å². The van der Waals surface area contributed by atoms with Crippen LogP contribution in [-0.2, 0) is 17.6 Å². The van der Waals surface area contributed by atoms with Crippen molar-refractivity contribution in [1.82, 2.24) is 14.9 Å². The van der Waals surface area contributed by atoms with Crippen molar-refractivity contribution in [2.75, 3.05) is 5.75 Å². The minimum Gasteiger partial charge on any atom is -0.336 e. The van der Waals surface area contributed by atoms with Gasteiger partial charge in [-0.2, -0.15) is 0 Å². The molecule has 0 spiro atoms. The van der Waals surface area contributed by atoms with Gasteiger partial charge >= 0.3 is 0 Å². The summed E-state index contributed by atoms with van der Waals surface area (Å²) in [5.74, 6) is 2.48. The van der Waals surface area contributed by atoms with Gasteiger partial charge in [0.2, 0.25) is 5.91 Å². The average Bonchev–Trinajstić information content (AvgIpc) is 3.64. The number of thiophene rings is 1. The fourth-order valence-corrected chi connectivity index (χ4v) is 8.66. The van der Waals surface area contributed by atoms with Crippen molar-refractivity contribution in [3.63, 3.8) is 0 Å². The van der Waals surface area contributed by atoms with E-state index in [0.717, 1.165) is 17.3 Å². The lowest BCUT2D eigenvalue weighted by atomic mass is 9.88. The molecule has 1 amide bonds. The molecule has 2 aromatic heterocycles. The topological polar surface area (TPSA) is 46.1 Å². The molecular formula is C27H37N3OS2. The molecule has 0 radical (unpaired) electrons. The van der Waals surface area contributed by atoms with E-state index in [2.05, 4.69) is 4.90 Å². The summed E-state index contributed by atoms with van der Waals surface area (Å²) in [6.07, 6.45) is 20.0. The van der Waals surface area contributed by atoms with Crippen molar-refractivity contribution in [3.05, 3.63) is 16.3 Å². The third-order valence-corrected chi connectivity index (χ3v) is 10.4. The van der Waals surface area contributed by atoms with Crippen LogP contribution in [0.4, 0.5) is 0 Å². The first-order chi connectivity index (χ1) is 16.3. The molecule has 6 rings (SSSR count). The molecule has 33 heavy (non-hydrogen) atoms. The van der Waals surface area contributed by atoms with Gasteiger partial charge in [-0.3, -0.25) is 4.79 Å².